The molecule has 1 atom stereocenters. The van der Waals surface area contributed by atoms with E-state index in [1.807, 2.05) is 13.0 Å². The van der Waals surface area contributed by atoms with E-state index in [2.05, 4.69) is 21.2 Å². The molecule has 0 aliphatic rings. The number of carbonyl (C=O) groups excluding carboxylic acids is 1. The number of aryl methyl sites for hydroxylation is 1. The summed E-state index contributed by atoms with van der Waals surface area (Å²) in [6.07, 6.45) is -0.820. The molecule has 1 aromatic rings. The molecule has 1 heterocycles. The van der Waals surface area contributed by atoms with E-state index in [0.717, 1.165) is 14.2 Å². The van der Waals surface area contributed by atoms with Gasteiger partial charge >= 0.3 is 12.1 Å². The molecule has 0 bridgehead atoms. The third kappa shape index (κ3) is 5.50. The number of carboxylic acid groups (broad SMARTS) is 1. The molecule has 0 unspecified atom stereocenters. The summed E-state index contributed by atoms with van der Waals surface area (Å²) in [5, 5.41) is 11.6. The molecule has 5 nitrogen and oxygen atoms in total. The first kappa shape index (κ1) is 17.0. The smallest absolute Gasteiger partial charge is 0.408 e. The number of carbonyl (C=O) groups is 2. The van der Waals surface area contributed by atoms with Gasteiger partial charge in [0.15, 0.2) is 0 Å². The third-order valence-electron chi connectivity index (χ3n) is 2.22. The molecule has 7 heteroatoms. The number of amides is 1. The number of alkyl carbamates (subject to hydrolysis) is 1. The van der Waals surface area contributed by atoms with Gasteiger partial charge in [-0.2, -0.15) is 0 Å². The van der Waals surface area contributed by atoms with Gasteiger partial charge in [-0.15, -0.1) is 11.3 Å². The summed E-state index contributed by atoms with van der Waals surface area (Å²) >= 11 is 4.83. The number of hydrogen-bond acceptors (Lipinski definition) is 4. The van der Waals surface area contributed by atoms with Gasteiger partial charge in [0.2, 0.25) is 0 Å². The first-order chi connectivity index (χ1) is 9.08. The molecule has 0 saturated carbocycles. The summed E-state index contributed by atoms with van der Waals surface area (Å²) < 4.78 is 5.96. The van der Waals surface area contributed by atoms with Crippen molar-refractivity contribution in [3.8, 4) is 0 Å². The fourth-order valence-corrected chi connectivity index (χ4v) is 3.55. The highest BCUT2D eigenvalue weighted by atomic mass is 79.9. The van der Waals surface area contributed by atoms with Crippen LogP contribution in [0.2, 0.25) is 0 Å². The van der Waals surface area contributed by atoms with Crippen LogP contribution in [-0.2, 0) is 9.53 Å². The van der Waals surface area contributed by atoms with Gasteiger partial charge in [0.25, 0.3) is 0 Å². The van der Waals surface area contributed by atoms with Gasteiger partial charge in [0.05, 0.1) is 12.5 Å². The van der Waals surface area contributed by atoms with Gasteiger partial charge < -0.3 is 15.2 Å². The van der Waals surface area contributed by atoms with Crippen LogP contribution in [0.25, 0.3) is 0 Å². The molecule has 0 fully saturated rings. The predicted molar refractivity (Wildman–Crippen MR) is 81.1 cm³/mol. The lowest BCUT2D eigenvalue weighted by atomic mass is 10.1. The minimum Gasteiger partial charge on any atom is -0.481 e. The van der Waals surface area contributed by atoms with Gasteiger partial charge in [0.1, 0.15) is 5.60 Å². The monoisotopic (exact) mass is 363 g/mol. The Kier molecular flexibility index (Phi) is 5.59. The number of hydrogen-bond donors (Lipinski definition) is 2. The van der Waals surface area contributed by atoms with E-state index < -0.39 is 23.7 Å². The van der Waals surface area contributed by atoms with Crippen LogP contribution >= 0.6 is 27.3 Å². The molecule has 0 aliphatic carbocycles. The Bertz CT molecular complexity index is 507. The molecule has 0 aromatic carbocycles. The lowest BCUT2D eigenvalue weighted by molar-refractivity contribution is -0.137. The van der Waals surface area contributed by atoms with Crippen molar-refractivity contribution in [2.24, 2.45) is 0 Å². The zero-order valence-corrected chi connectivity index (χ0v) is 14.2. The Balaban J connectivity index is 2.88. The second-order valence-electron chi connectivity index (χ2n) is 5.37. The van der Waals surface area contributed by atoms with E-state index in [4.69, 9.17) is 9.84 Å². The maximum atomic E-state index is 11.8. The van der Waals surface area contributed by atoms with Crippen LogP contribution in [0.3, 0.4) is 0 Å². The zero-order chi connectivity index (χ0) is 15.5. The number of aliphatic carboxylic acids is 1. The number of thiophene rings is 1. The molecule has 1 rings (SSSR count). The van der Waals surface area contributed by atoms with Crippen LogP contribution < -0.4 is 5.32 Å². The number of rotatable bonds is 4. The number of halogens is 1. The molecule has 1 amide bonds. The number of nitrogens with one attached hydrogen (secondary N) is 1. The predicted octanol–water partition coefficient (Wildman–Crippen LogP) is 3.86. The number of carboxylic acids is 1. The normalized spacial score (nSPS) is 12.8. The van der Waals surface area contributed by atoms with E-state index >= 15 is 0 Å². The van der Waals surface area contributed by atoms with Crippen molar-refractivity contribution in [1.82, 2.24) is 5.32 Å². The highest BCUT2D eigenvalue weighted by Gasteiger charge is 2.25. The van der Waals surface area contributed by atoms with Crippen LogP contribution in [0.4, 0.5) is 4.79 Å². The average Bonchev–Trinajstić information content (AvgIpc) is 2.53. The SMILES string of the molecule is Cc1cc(Br)c([C@@H](CC(=O)O)NC(=O)OC(C)(C)C)s1. The van der Waals surface area contributed by atoms with Crippen molar-refractivity contribution < 1.29 is 19.4 Å². The summed E-state index contributed by atoms with van der Waals surface area (Å²) in [5.74, 6) is -0.982. The molecule has 2 N–H and O–H groups in total. The van der Waals surface area contributed by atoms with Crippen molar-refractivity contribution in [3.05, 3.63) is 20.3 Å². The van der Waals surface area contributed by atoms with E-state index in [1.165, 1.54) is 11.3 Å². The highest BCUT2D eigenvalue weighted by molar-refractivity contribution is 9.10. The van der Waals surface area contributed by atoms with Crippen molar-refractivity contribution in [1.29, 1.82) is 0 Å². The maximum absolute atomic E-state index is 11.8. The lowest BCUT2D eigenvalue weighted by Gasteiger charge is -2.22. The minimum atomic E-state index is -0.982. The zero-order valence-electron chi connectivity index (χ0n) is 11.8. The molecular formula is C13H18BrNO4S. The molecule has 0 saturated heterocycles. The topological polar surface area (TPSA) is 75.6 Å². The van der Waals surface area contributed by atoms with Gasteiger partial charge in [0, 0.05) is 14.2 Å². The van der Waals surface area contributed by atoms with Crippen molar-refractivity contribution >= 4 is 39.3 Å². The van der Waals surface area contributed by atoms with E-state index in [1.54, 1.807) is 20.8 Å². The van der Waals surface area contributed by atoms with Crippen LogP contribution in [-0.4, -0.2) is 22.8 Å². The molecular weight excluding hydrogens is 346 g/mol. The Morgan fingerprint density at radius 3 is 2.50 bits per heavy atom. The fourth-order valence-electron chi connectivity index (χ4n) is 1.57. The van der Waals surface area contributed by atoms with Gasteiger partial charge in [-0.05, 0) is 49.7 Å². The van der Waals surface area contributed by atoms with Gasteiger partial charge in [-0.3, -0.25) is 4.79 Å². The molecule has 0 spiro atoms. The second-order valence-corrected chi connectivity index (χ2v) is 7.51. The van der Waals surface area contributed by atoms with Crippen LogP contribution in [0, 0.1) is 6.92 Å². The number of ether oxygens (including phenoxy) is 1. The Labute approximate surface area is 130 Å². The summed E-state index contributed by atoms with van der Waals surface area (Å²) in [4.78, 5) is 24.6. The van der Waals surface area contributed by atoms with Crippen molar-refractivity contribution in [2.45, 2.75) is 45.8 Å². The minimum absolute atomic E-state index is 0.197. The molecule has 20 heavy (non-hydrogen) atoms. The quantitative estimate of drug-likeness (QED) is 0.851. The van der Waals surface area contributed by atoms with E-state index in [-0.39, 0.29) is 6.42 Å². The molecule has 0 aliphatic heterocycles. The van der Waals surface area contributed by atoms with Crippen molar-refractivity contribution in [3.63, 3.8) is 0 Å². The Hall–Kier alpha value is -1.08. The van der Waals surface area contributed by atoms with E-state index in [0.29, 0.717) is 0 Å². The summed E-state index contributed by atoms with van der Waals surface area (Å²) in [6, 6.07) is 1.28. The first-order valence-electron chi connectivity index (χ1n) is 6.05. The largest absolute Gasteiger partial charge is 0.481 e. The first-order valence-corrected chi connectivity index (χ1v) is 7.66. The second kappa shape index (κ2) is 6.58. The van der Waals surface area contributed by atoms with Crippen LogP contribution in [0.15, 0.2) is 10.5 Å². The van der Waals surface area contributed by atoms with E-state index in [9.17, 15) is 9.59 Å². The van der Waals surface area contributed by atoms with Gasteiger partial charge in [-0.25, -0.2) is 4.79 Å². The van der Waals surface area contributed by atoms with Crippen molar-refractivity contribution in [2.75, 3.05) is 0 Å². The Morgan fingerprint density at radius 2 is 2.10 bits per heavy atom. The summed E-state index contributed by atoms with van der Waals surface area (Å²) in [6.45, 7) is 7.18. The molecule has 1 aromatic heterocycles. The van der Waals surface area contributed by atoms with Crippen LogP contribution in [0.1, 0.15) is 43.0 Å². The lowest BCUT2D eigenvalue weighted by Crippen LogP contribution is -2.35. The summed E-state index contributed by atoms with van der Waals surface area (Å²) in [7, 11) is 0. The van der Waals surface area contributed by atoms with Crippen LogP contribution in [0.5, 0.6) is 0 Å². The third-order valence-corrected chi connectivity index (χ3v) is 4.31. The fraction of sp³-hybridized carbons (Fsp3) is 0.538. The average molecular weight is 364 g/mol. The maximum Gasteiger partial charge on any atom is 0.408 e. The summed E-state index contributed by atoms with van der Waals surface area (Å²) in [5.41, 5.74) is -0.625. The molecule has 112 valence electrons. The molecule has 0 radical (unpaired) electrons. The van der Waals surface area contributed by atoms with Gasteiger partial charge in [-0.1, -0.05) is 0 Å². The Morgan fingerprint density at radius 1 is 1.50 bits per heavy atom. The standard InChI is InChI=1S/C13H18BrNO4S/c1-7-5-8(14)11(20-7)9(6-10(16)17)15-12(18)19-13(2,3)4/h5,9H,6H2,1-4H3,(H,15,18)(H,16,17)/t9-/m1/s1. The highest BCUT2D eigenvalue weighted by Crippen LogP contribution is 2.34.